The van der Waals surface area contributed by atoms with Gasteiger partial charge in [0.05, 0.1) is 13.2 Å². The molecule has 0 radical (unpaired) electrons. The van der Waals surface area contributed by atoms with Crippen LogP contribution in [-0.4, -0.2) is 25.2 Å². The molecule has 0 saturated carbocycles. The molecule has 0 amide bonds. The van der Waals surface area contributed by atoms with Gasteiger partial charge in [-0.05, 0) is 13.8 Å². The van der Waals surface area contributed by atoms with Gasteiger partial charge in [0.15, 0.2) is 0 Å². The van der Waals surface area contributed by atoms with Gasteiger partial charge in [-0.15, -0.1) is 0 Å². The summed E-state index contributed by atoms with van der Waals surface area (Å²) >= 11 is 0. The Morgan fingerprint density at radius 2 is 1.18 bits per heavy atom. The van der Waals surface area contributed by atoms with Crippen molar-refractivity contribution >= 4 is 11.9 Å². The Morgan fingerprint density at radius 3 is 1.35 bits per heavy atom. The maximum atomic E-state index is 10.4. The molecule has 0 atom stereocenters. The van der Waals surface area contributed by atoms with Crippen molar-refractivity contribution in [1.29, 1.82) is 0 Å². The summed E-state index contributed by atoms with van der Waals surface area (Å²) in [7, 11) is 0. The van der Waals surface area contributed by atoms with Gasteiger partial charge in [0.25, 0.3) is 0 Å². The fraction of sp³-hybridized carbons (Fsp3) is 0.667. The maximum absolute atomic E-state index is 10.4. The van der Waals surface area contributed by atoms with Crippen LogP contribution in [0.3, 0.4) is 0 Å². The van der Waals surface area contributed by atoms with Gasteiger partial charge >= 0.3 is 31.4 Å². The van der Waals surface area contributed by atoms with Crippen molar-refractivity contribution in [3.63, 3.8) is 0 Å². The Kier molecular flexibility index (Phi) is 23.0. The van der Waals surface area contributed by atoms with Crippen molar-refractivity contribution in [3.8, 4) is 0 Å². The van der Waals surface area contributed by atoms with Gasteiger partial charge in [-0.25, -0.2) is 0 Å². The van der Waals surface area contributed by atoms with Crippen molar-refractivity contribution in [1.82, 2.24) is 0 Å². The van der Waals surface area contributed by atoms with Gasteiger partial charge in [-0.2, -0.15) is 12.8 Å². The van der Waals surface area contributed by atoms with Crippen LogP contribution < -0.4 is 0 Å². The number of hydrogen-bond acceptors (Lipinski definition) is 4. The molecule has 0 unspecified atom stereocenters. The molecule has 0 fully saturated rings. The van der Waals surface area contributed by atoms with E-state index >= 15 is 0 Å². The molecule has 0 aliphatic rings. The van der Waals surface area contributed by atoms with Crippen LogP contribution in [0.5, 0.6) is 0 Å². The van der Waals surface area contributed by atoms with Crippen molar-refractivity contribution < 1.29 is 38.5 Å². The Labute approximate surface area is 117 Å². The summed E-state index contributed by atoms with van der Waals surface area (Å²) in [6, 6.07) is 0. The Morgan fingerprint density at radius 1 is 0.882 bits per heavy atom. The van der Waals surface area contributed by atoms with E-state index in [1.54, 1.807) is 13.8 Å². The first-order valence-electron chi connectivity index (χ1n) is 5.52. The predicted molar refractivity (Wildman–Crippen MR) is 62.4 cm³/mol. The third kappa shape index (κ3) is 21.4. The van der Waals surface area contributed by atoms with Gasteiger partial charge in [0.2, 0.25) is 0 Å². The van der Waals surface area contributed by atoms with Crippen molar-refractivity contribution in [2.24, 2.45) is 0 Å². The second kappa shape index (κ2) is 17.9. The van der Waals surface area contributed by atoms with Crippen LogP contribution in [0.2, 0.25) is 0 Å². The summed E-state index contributed by atoms with van der Waals surface area (Å²) < 4.78 is 9.21. The van der Waals surface area contributed by atoms with E-state index in [-0.39, 0.29) is 31.4 Å². The molecule has 17 heavy (non-hydrogen) atoms. The molecule has 0 heterocycles. The number of esters is 2. The molecule has 0 aromatic rings. The van der Waals surface area contributed by atoms with Crippen LogP contribution in [-0.2, 0) is 38.5 Å². The molecule has 0 N–H and O–H groups in total. The number of carbonyl (C=O) groups is 2. The zero-order chi connectivity index (χ0) is 12.8. The number of hydrogen-bond donors (Lipinski definition) is 0. The van der Waals surface area contributed by atoms with Crippen molar-refractivity contribution in [2.75, 3.05) is 13.2 Å². The Hall–Kier alpha value is -0.437. The minimum atomic E-state index is -0.150. The third-order valence-electron chi connectivity index (χ3n) is 1.37. The zero-order valence-electron chi connectivity index (χ0n) is 11.0. The molecular formula is C12H22O4Zn. The Balaban J connectivity index is -0.000000218. The quantitative estimate of drug-likeness (QED) is 0.429. The number of ether oxygens (including phenoxy) is 2. The maximum Gasteiger partial charge on any atom is 2.00 e. The summed E-state index contributed by atoms with van der Waals surface area (Å²) in [5.74, 6) is -0.301. The smallest absolute Gasteiger partial charge is 0.466 e. The molecule has 0 spiro atoms. The first-order valence-corrected chi connectivity index (χ1v) is 5.52. The molecule has 0 bridgehead atoms. The molecule has 0 rings (SSSR count). The molecule has 5 heteroatoms. The SMILES string of the molecule is [CH2-]CCC(=O)OCC.[CH2-]CCC(=O)OCC.[Zn+2]. The van der Waals surface area contributed by atoms with Crippen LogP contribution >= 0.6 is 0 Å². The summed E-state index contributed by atoms with van der Waals surface area (Å²) in [6.07, 6.45) is 2.12. The molecular weight excluding hydrogens is 274 g/mol. The minimum absolute atomic E-state index is 0. The summed E-state index contributed by atoms with van der Waals surface area (Å²) in [6.45, 7) is 11.5. The fourth-order valence-electron chi connectivity index (χ4n) is 0.755. The van der Waals surface area contributed by atoms with Crippen LogP contribution in [0, 0.1) is 13.8 Å². The fourth-order valence-corrected chi connectivity index (χ4v) is 0.755. The molecule has 0 aromatic carbocycles. The minimum Gasteiger partial charge on any atom is -0.466 e. The number of rotatable bonds is 6. The second-order valence-corrected chi connectivity index (χ2v) is 2.82. The van der Waals surface area contributed by atoms with Gasteiger partial charge in [0, 0.05) is 12.8 Å². The average molecular weight is 296 g/mol. The predicted octanol–water partition coefficient (Wildman–Crippen LogP) is 2.33. The van der Waals surface area contributed by atoms with E-state index in [1.807, 2.05) is 0 Å². The van der Waals surface area contributed by atoms with E-state index in [2.05, 4.69) is 23.3 Å². The van der Waals surface area contributed by atoms with E-state index in [0.717, 1.165) is 0 Å². The first-order chi connectivity index (χ1) is 7.62. The monoisotopic (exact) mass is 294 g/mol. The average Bonchev–Trinajstić information content (AvgIpc) is 2.20. The summed E-state index contributed by atoms with van der Waals surface area (Å²) in [5.41, 5.74) is 0. The summed E-state index contributed by atoms with van der Waals surface area (Å²) in [5, 5.41) is 0. The standard InChI is InChI=1S/2C6H11O2.Zn/c2*1-3-5-6(7)8-4-2;/h2*1,3-5H2,2H3;/q2*-1;+2. The van der Waals surface area contributed by atoms with E-state index in [9.17, 15) is 9.59 Å². The van der Waals surface area contributed by atoms with Crippen LogP contribution in [0.4, 0.5) is 0 Å². The molecule has 4 nitrogen and oxygen atoms in total. The molecule has 0 aliphatic carbocycles. The van der Waals surface area contributed by atoms with Gasteiger partial charge in [-0.1, -0.05) is 0 Å². The largest absolute Gasteiger partial charge is 2.00 e. The van der Waals surface area contributed by atoms with Gasteiger partial charge < -0.3 is 23.3 Å². The second-order valence-electron chi connectivity index (χ2n) is 2.82. The Bertz CT molecular complexity index is 147. The third-order valence-corrected chi connectivity index (χ3v) is 1.37. The zero-order valence-corrected chi connectivity index (χ0v) is 14.0. The van der Waals surface area contributed by atoms with Crippen LogP contribution in [0.1, 0.15) is 39.5 Å². The van der Waals surface area contributed by atoms with E-state index in [4.69, 9.17) is 0 Å². The van der Waals surface area contributed by atoms with E-state index in [0.29, 0.717) is 38.9 Å². The van der Waals surface area contributed by atoms with Gasteiger partial charge in [-0.3, -0.25) is 9.59 Å². The molecule has 0 saturated heterocycles. The van der Waals surface area contributed by atoms with E-state index < -0.39 is 0 Å². The normalized spacial score (nSPS) is 8.24. The molecule has 0 aliphatic heterocycles. The van der Waals surface area contributed by atoms with Crippen LogP contribution in [0.25, 0.3) is 0 Å². The van der Waals surface area contributed by atoms with Crippen LogP contribution in [0.15, 0.2) is 0 Å². The van der Waals surface area contributed by atoms with E-state index in [1.165, 1.54) is 0 Å². The molecule has 0 aromatic heterocycles. The first kappa shape index (κ1) is 21.8. The van der Waals surface area contributed by atoms with Crippen molar-refractivity contribution in [2.45, 2.75) is 39.5 Å². The molecule has 96 valence electrons. The topological polar surface area (TPSA) is 52.6 Å². The van der Waals surface area contributed by atoms with Crippen molar-refractivity contribution in [3.05, 3.63) is 13.8 Å². The van der Waals surface area contributed by atoms with Gasteiger partial charge in [0.1, 0.15) is 0 Å². The summed E-state index contributed by atoms with van der Waals surface area (Å²) in [4.78, 5) is 20.8. The number of carbonyl (C=O) groups excluding carboxylic acids is 2.